The predicted octanol–water partition coefficient (Wildman–Crippen LogP) is 0.746. The Balaban J connectivity index is 4.54. The number of urea groups is 1. The summed E-state index contributed by atoms with van der Waals surface area (Å²) < 4.78 is 0. The van der Waals surface area contributed by atoms with Crippen LogP contribution in [0.4, 0.5) is 4.79 Å². The molecule has 1 atom stereocenters. The van der Waals surface area contributed by atoms with Gasteiger partial charge in [-0.15, -0.1) is 0 Å². The molecule has 0 aromatic carbocycles. The second-order valence-electron chi connectivity index (χ2n) is 3.93. The van der Waals surface area contributed by atoms with Gasteiger partial charge < -0.3 is 20.4 Å². The van der Waals surface area contributed by atoms with Gasteiger partial charge in [0.1, 0.15) is 6.04 Å². The highest BCUT2D eigenvalue weighted by Crippen LogP contribution is 1.99. The lowest BCUT2D eigenvalue weighted by Gasteiger charge is -2.23. The summed E-state index contributed by atoms with van der Waals surface area (Å²) in [7, 11) is 0. The van der Waals surface area contributed by atoms with E-state index in [4.69, 9.17) is 10.2 Å². The number of hydrogen-bond donors (Lipinski definition) is 3. The maximum Gasteiger partial charge on any atom is 0.326 e. The minimum Gasteiger partial charge on any atom is -0.481 e. The van der Waals surface area contributed by atoms with E-state index in [2.05, 4.69) is 5.32 Å². The number of carboxylic acid groups (broad SMARTS) is 2. The second-order valence-corrected chi connectivity index (χ2v) is 3.93. The van der Waals surface area contributed by atoms with Crippen molar-refractivity contribution in [2.75, 3.05) is 13.1 Å². The highest BCUT2D eigenvalue weighted by atomic mass is 16.4. The molecule has 0 saturated heterocycles. The van der Waals surface area contributed by atoms with E-state index in [1.165, 1.54) is 4.90 Å². The van der Waals surface area contributed by atoms with Crippen molar-refractivity contribution in [2.45, 2.75) is 39.2 Å². The van der Waals surface area contributed by atoms with Crippen LogP contribution >= 0.6 is 0 Å². The van der Waals surface area contributed by atoms with E-state index < -0.39 is 30.4 Å². The number of nitrogens with one attached hydrogen (secondary N) is 1. The molecule has 0 aliphatic heterocycles. The summed E-state index contributed by atoms with van der Waals surface area (Å²) in [6.07, 6.45) is 0.876. The number of rotatable bonds is 8. The van der Waals surface area contributed by atoms with Gasteiger partial charge in [0.2, 0.25) is 0 Å². The quantitative estimate of drug-likeness (QED) is 0.597. The fourth-order valence-electron chi connectivity index (χ4n) is 1.47. The molecule has 2 amide bonds. The highest BCUT2D eigenvalue weighted by molar-refractivity contribution is 5.86. The van der Waals surface area contributed by atoms with Gasteiger partial charge in [-0.3, -0.25) is 4.79 Å². The van der Waals surface area contributed by atoms with Crippen LogP contribution in [0.25, 0.3) is 0 Å². The van der Waals surface area contributed by atoms with E-state index in [0.717, 1.165) is 12.8 Å². The zero-order valence-corrected chi connectivity index (χ0v) is 10.7. The minimum absolute atomic E-state index is 0.513. The van der Waals surface area contributed by atoms with Gasteiger partial charge in [0, 0.05) is 13.1 Å². The zero-order valence-electron chi connectivity index (χ0n) is 10.7. The van der Waals surface area contributed by atoms with E-state index >= 15 is 0 Å². The monoisotopic (exact) mass is 260 g/mol. The van der Waals surface area contributed by atoms with Gasteiger partial charge in [0.05, 0.1) is 6.42 Å². The fraction of sp³-hybridized carbons (Fsp3) is 0.727. The Morgan fingerprint density at radius 1 is 1.11 bits per heavy atom. The first-order valence-electron chi connectivity index (χ1n) is 5.92. The molecule has 0 fully saturated rings. The van der Waals surface area contributed by atoms with Crippen LogP contribution in [0.3, 0.4) is 0 Å². The number of carbonyl (C=O) groups is 3. The first-order valence-corrected chi connectivity index (χ1v) is 5.92. The van der Waals surface area contributed by atoms with Gasteiger partial charge in [0.25, 0.3) is 0 Å². The molecule has 0 saturated carbocycles. The van der Waals surface area contributed by atoms with Gasteiger partial charge in [-0.25, -0.2) is 9.59 Å². The van der Waals surface area contributed by atoms with Crippen LogP contribution in [0.2, 0.25) is 0 Å². The molecule has 0 spiro atoms. The molecule has 0 aromatic rings. The van der Waals surface area contributed by atoms with Gasteiger partial charge >= 0.3 is 18.0 Å². The third kappa shape index (κ3) is 6.07. The first-order chi connectivity index (χ1) is 8.42. The minimum atomic E-state index is -1.40. The summed E-state index contributed by atoms with van der Waals surface area (Å²) in [6.45, 7) is 4.84. The molecular weight excluding hydrogens is 240 g/mol. The van der Waals surface area contributed by atoms with Crippen molar-refractivity contribution in [3.05, 3.63) is 0 Å². The molecule has 3 N–H and O–H groups in total. The predicted molar refractivity (Wildman–Crippen MR) is 64.4 cm³/mol. The number of amides is 2. The number of carboxylic acids is 2. The maximum atomic E-state index is 11.8. The lowest BCUT2D eigenvalue weighted by atomic mass is 10.2. The normalized spacial score (nSPS) is 11.7. The topological polar surface area (TPSA) is 107 Å². The summed E-state index contributed by atoms with van der Waals surface area (Å²) >= 11 is 0. The Morgan fingerprint density at radius 2 is 1.61 bits per heavy atom. The molecule has 0 unspecified atom stereocenters. The summed E-state index contributed by atoms with van der Waals surface area (Å²) in [6, 6.07) is -1.93. The Kier molecular flexibility index (Phi) is 7.50. The maximum absolute atomic E-state index is 11.8. The van der Waals surface area contributed by atoms with Crippen molar-refractivity contribution >= 4 is 18.0 Å². The summed E-state index contributed by atoms with van der Waals surface area (Å²) in [4.78, 5) is 34.6. The number of aliphatic carboxylic acids is 2. The van der Waals surface area contributed by atoms with Crippen LogP contribution in [-0.2, 0) is 9.59 Å². The van der Waals surface area contributed by atoms with Crippen LogP contribution in [0, 0.1) is 0 Å². The Bertz CT molecular complexity index is 300. The smallest absolute Gasteiger partial charge is 0.326 e. The van der Waals surface area contributed by atoms with Crippen molar-refractivity contribution in [1.29, 1.82) is 0 Å². The number of nitrogens with zero attached hydrogens (tertiary/aromatic N) is 1. The van der Waals surface area contributed by atoms with E-state index in [-0.39, 0.29) is 0 Å². The molecule has 0 aliphatic rings. The average Bonchev–Trinajstić information content (AvgIpc) is 2.27. The molecule has 0 rings (SSSR count). The van der Waals surface area contributed by atoms with E-state index in [1.54, 1.807) is 0 Å². The Labute approximate surface area is 106 Å². The molecule has 104 valence electrons. The van der Waals surface area contributed by atoms with Crippen molar-refractivity contribution in [1.82, 2.24) is 10.2 Å². The SMILES string of the molecule is CCCN(CCC)C(=O)N[C@@H](CC(=O)O)C(=O)O. The van der Waals surface area contributed by atoms with Gasteiger partial charge in [0.15, 0.2) is 0 Å². The van der Waals surface area contributed by atoms with E-state index in [0.29, 0.717) is 13.1 Å². The molecule has 0 aromatic heterocycles. The average molecular weight is 260 g/mol. The van der Waals surface area contributed by atoms with Gasteiger partial charge in [-0.2, -0.15) is 0 Å². The lowest BCUT2D eigenvalue weighted by molar-refractivity contribution is -0.145. The summed E-state index contributed by atoms with van der Waals surface area (Å²) in [5.41, 5.74) is 0. The largest absolute Gasteiger partial charge is 0.481 e. The van der Waals surface area contributed by atoms with E-state index in [9.17, 15) is 14.4 Å². The van der Waals surface area contributed by atoms with E-state index in [1.807, 2.05) is 13.8 Å². The fourth-order valence-corrected chi connectivity index (χ4v) is 1.47. The number of carbonyl (C=O) groups excluding carboxylic acids is 1. The Morgan fingerprint density at radius 3 is 1.94 bits per heavy atom. The van der Waals surface area contributed by atoms with Crippen LogP contribution < -0.4 is 5.32 Å². The summed E-state index contributed by atoms with van der Waals surface area (Å²) in [5, 5.41) is 19.6. The first kappa shape index (κ1) is 16.2. The molecule has 18 heavy (non-hydrogen) atoms. The van der Waals surface area contributed by atoms with Gasteiger partial charge in [-0.1, -0.05) is 13.8 Å². The lowest BCUT2D eigenvalue weighted by Crippen LogP contribution is -2.49. The molecular formula is C11H20N2O5. The van der Waals surface area contributed by atoms with Crippen LogP contribution in [0.1, 0.15) is 33.1 Å². The molecule has 7 nitrogen and oxygen atoms in total. The standard InChI is InChI=1S/C11H20N2O5/c1-3-5-13(6-4-2)11(18)12-8(10(16)17)7-9(14)15/h8H,3-7H2,1-2H3,(H,12,18)(H,14,15)(H,16,17)/t8-/m0/s1. The third-order valence-electron chi connectivity index (χ3n) is 2.25. The molecule has 0 radical (unpaired) electrons. The summed E-state index contributed by atoms with van der Waals surface area (Å²) in [5.74, 6) is -2.61. The third-order valence-corrected chi connectivity index (χ3v) is 2.25. The van der Waals surface area contributed by atoms with Crippen molar-refractivity contribution < 1.29 is 24.6 Å². The zero-order chi connectivity index (χ0) is 14.1. The molecule has 0 aliphatic carbocycles. The van der Waals surface area contributed by atoms with Gasteiger partial charge in [-0.05, 0) is 12.8 Å². The second kappa shape index (κ2) is 8.32. The molecule has 0 bridgehead atoms. The molecule has 0 heterocycles. The van der Waals surface area contributed by atoms with Crippen LogP contribution in [0.15, 0.2) is 0 Å². The van der Waals surface area contributed by atoms with Crippen LogP contribution in [0.5, 0.6) is 0 Å². The van der Waals surface area contributed by atoms with Crippen LogP contribution in [-0.4, -0.2) is 52.2 Å². The van der Waals surface area contributed by atoms with Crippen molar-refractivity contribution in [3.63, 3.8) is 0 Å². The number of hydrogen-bond acceptors (Lipinski definition) is 3. The Hall–Kier alpha value is -1.79. The molecule has 7 heteroatoms. The highest BCUT2D eigenvalue weighted by Gasteiger charge is 2.24. The van der Waals surface area contributed by atoms with Crippen molar-refractivity contribution in [2.24, 2.45) is 0 Å². The van der Waals surface area contributed by atoms with Crippen molar-refractivity contribution in [3.8, 4) is 0 Å².